The number of thiophene rings is 1. The second-order valence-electron chi connectivity index (χ2n) is 3.61. The fourth-order valence-electron chi connectivity index (χ4n) is 1.69. The molecule has 2 heterocycles. The predicted octanol–water partition coefficient (Wildman–Crippen LogP) is 3.01. The number of aliphatic hydroxyl groups is 1. The van der Waals surface area contributed by atoms with Crippen molar-refractivity contribution in [2.24, 2.45) is 0 Å². The van der Waals surface area contributed by atoms with Crippen LogP contribution in [0.3, 0.4) is 0 Å². The largest absolute Gasteiger partial charge is 0.382 e. The number of nitrogens with zero attached hydrogens (tertiary/aromatic N) is 2. The fourth-order valence-corrected chi connectivity index (χ4v) is 2.81. The smallest absolute Gasteiger partial charge is 0.123 e. The van der Waals surface area contributed by atoms with Crippen LogP contribution in [0.4, 0.5) is 0 Å². The van der Waals surface area contributed by atoms with E-state index in [2.05, 4.69) is 5.10 Å². The molecule has 0 saturated carbocycles. The Morgan fingerprint density at radius 2 is 2.31 bits per heavy atom. The summed E-state index contributed by atoms with van der Waals surface area (Å²) in [7, 11) is 0. The normalized spacial score (nSPS) is 13.0. The van der Waals surface area contributed by atoms with Crippen molar-refractivity contribution in [1.82, 2.24) is 9.78 Å². The lowest BCUT2D eigenvalue weighted by atomic mass is 10.1. The van der Waals surface area contributed by atoms with Crippen LogP contribution in [0.25, 0.3) is 0 Å². The van der Waals surface area contributed by atoms with Crippen molar-refractivity contribution in [3.05, 3.63) is 38.8 Å². The first-order chi connectivity index (χ1) is 7.65. The Labute approximate surface area is 103 Å². The minimum absolute atomic E-state index is 0.514. The molecule has 5 heteroatoms. The maximum atomic E-state index is 10.3. The second-order valence-corrected chi connectivity index (χ2v) is 4.76. The van der Waals surface area contributed by atoms with Crippen molar-refractivity contribution in [2.45, 2.75) is 26.5 Å². The Morgan fingerprint density at radius 1 is 1.56 bits per heavy atom. The lowest BCUT2D eigenvalue weighted by molar-refractivity contribution is 0.208. The minimum Gasteiger partial charge on any atom is -0.382 e. The molecular weight excluding hydrogens is 244 g/mol. The van der Waals surface area contributed by atoms with Crippen molar-refractivity contribution in [1.29, 1.82) is 0 Å². The van der Waals surface area contributed by atoms with Gasteiger partial charge in [0.1, 0.15) is 6.10 Å². The highest BCUT2D eigenvalue weighted by Gasteiger charge is 2.21. The van der Waals surface area contributed by atoms with E-state index in [4.69, 9.17) is 11.6 Å². The third-order valence-electron chi connectivity index (χ3n) is 2.58. The summed E-state index contributed by atoms with van der Waals surface area (Å²) >= 11 is 7.63. The number of rotatable bonds is 3. The van der Waals surface area contributed by atoms with E-state index in [-0.39, 0.29) is 0 Å². The zero-order valence-electron chi connectivity index (χ0n) is 9.14. The average Bonchev–Trinajstić information content (AvgIpc) is 2.83. The summed E-state index contributed by atoms with van der Waals surface area (Å²) in [4.78, 5) is 0. The molecule has 1 unspecified atom stereocenters. The molecule has 86 valence electrons. The van der Waals surface area contributed by atoms with Gasteiger partial charge in [-0.2, -0.15) is 16.4 Å². The van der Waals surface area contributed by atoms with E-state index < -0.39 is 6.10 Å². The molecule has 0 aliphatic carbocycles. The van der Waals surface area contributed by atoms with Gasteiger partial charge in [0.2, 0.25) is 0 Å². The van der Waals surface area contributed by atoms with Crippen LogP contribution >= 0.6 is 22.9 Å². The van der Waals surface area contributed by atoms with Crippen molar-refractivity contribution in [2.75, 3.05) is 0 Å². The molecule has 0 saturated heterocycles. The standard InChI is InChI=1S/C11H13ClN2OS/c1-3-14-10(9(12)4-13-14)11(15)8-6-16-5-7(8)2/h4-6,11,15H,3H2,1-2H3. The first kappa shape index (κ1) is 11.6. The van der Waals surface area contributed by atoms with Crippen molar-refractivity contribution >= 4 is 22.9 Å². The van der Waals surface area contributed by atoms with Gasteiger partial charge in [0.05, 0.1) is 16.9 Å². The summed E-state index contributed by atoms with van der Waals surface area (Å²) in [6.45, 7) is 4.65. The van der Waals surface area contributed by atoms with E-state index in [0.29, 0.717) is 17.3 Å². The first-order valence-electron chi connectivity index (χ1n) is 5.07. The van der Waals surface area contributed by atoms with Crippen LogP contribution in [0.2, 0.25) is 5.02 Å². The molecule has 0 bridgehead atoms. The fraction of sp³-hybridized carbons (Fsp3) is 0.364. The van der Waals surface area contributed by atoms with Gasteiger partial charge < -0.3 is 5.11 Å². The zero-order valence-corrected chi connectivity index (χ0v) is 10.7. The first-order valence-corrected chi connectivity index (χ1v) is 6.39. The van der Waals surface area contributed by atoms with E-state index in [1.54, 1.807) is 22.2 Å². The second kappa shape index (κ2) is 4.57. The Morgan fingerprint density at radius 3 is 2.88 bits per heavy atom. The van der Waals surface area contributed by atoms with Crippen molar-refractivity contribution < 1.29 is 5.11 Å². The third-order valence-corrected chi connectivity index (χ3v) is 3.75. The summed E-state index contributed by atoms with van der Waals surface area (Å²) in [6, 6.07) is 0. The molecule has 2 rings (SSSR count). The molecule has 0 aliphatic heterocycles. The van der Waals surface area contributed by atoms with E-state index >= 15 is 0 Å². The number of aromatic nitrogens is 2. The van der Waals surface area contributed by atoms with Gasteiger partial charge in [-0.05, 0) is 30.2 Å². The molecular formula is C11H13ClN2OS. The summed E-state index contributed by atoms with van der Waals surface area (Å²) in [5.74, 6) is 0. The van der Waals surface area contributed by atoms with Crippen LogP contribution in [-0.4, -0.2) is 14.9 Å². The lowest BCUT2D eigenvalue weighted by Gasteiger charge is -2.13. The van der Waals surface area contributed by atoms with Gasteiger partial charge in [-0.3, -0.25) is 4.68 Å². The van der Waals surface area contributed by atoms with E-state index in [1.165, 1.54) is 0 Å². The summed E-state index contributed by atoms with van der Waals surface area (Å²) in [6.07, 6.45) is 0.881. The Hall–Kier alpha value is -0.840. The average molecular weight is 257 g/mol. The highest BCUT2D eigenvalue weighted by atomic mass is 35.5. The molecule has 2 aromatic rings. The van der Waals surface area contributed by atoms with Gasteiger partial charge in [-0.1, -0.05) is 11.6 Å². The maximum absolute atomic E-state index is 10.3. The molecule has 0 aromatic carbocycles. The highest BCUT2D eigenvalue weighted by molar-refractivity contribution is 7.08. The Kier molecular flexibility index (Phi) is 3.33. The van der Waals surface area contributed by atoms with Gasteiger partial charge in [0.15, 0.2) is 0 Å². The monoisotopic (exact) mass is 256 g/mol. The van der Waals surface area contributed by atoms with Crippen LogP contribution in [0, 0.1) is 6.92 Å². The van der Waals surface area contributed by atoms with Gasteiger partial charge in [-0.15, -0.1) is 0 Å². The van der Waals surface area contributed by atoms with E-state index in [0.717, 1.165) is 11.1 Å². The van der Waals surface area contributed by atoms with Gasteiger partial charge in [0, 0.05) is 12.1 Å². The number of hydrogen-bond donors (Lipinski definition) is 1. The molecule has 0 aliphatic rings. The number of hydrogen-bond acceptors (Lipinski definition) is 3. The van der Waals surface area contributed by atoms with Crippen molar-refractivity contribution in [3.63, 3.8) is 0 Å². The molecule has 2 aromatic heterocycles. The van der Waals surface area contributed by atoms with Crippen LogP contribution in [0.1, 0.15) is 29.8 Å². The summed E-state index contributed by atoms with van der Waals surface area (Å²) in [5, 5.41) is 18.9. The van der Waals surface area contributed by atoms with Crippen LogP contribution < -0.4 is 0 Å². The molecule has 3 nitrogen and oxygen atoms in total. The Bertz CT molecular complexity index is 492. The van der Waals surface area contributed by atoms with Crippen LogP contribution in [-0.2, 0) is 6.54 Å². The predicted molar refractivity (Wildman–Crippen MR) is 66.0 cm³/mol. The maximum Gasteiger partial charge on any atom is 0.123 e. The zero-order chi connectivity index (χ0) is 11.7. The van der Waals surface area contributed by atoms with Crippen molar-refractivity contribution in [3.8, 4) is 0 Å². The molecule has 1 atom stereocenters. The molecule has 0 amide bonds. The SMILES string of the molecule is CCn1ncc(Cl)c1C(O)c1cscc1C. The van der Waals surface area contributed by atoms with E-state index in [1.807, 2.05) is 24.6 Å². The van der Waals surface area contributed by atoms with Gasteiger partial charge in [-0.25, -0.2) is 0 Å². The topological polar surface area (TPSA) is 38.0 Å². The number of aliphatic hydroxyl groups excluding tert-OH is 1. The van der Waals surface area contributed by atoms with Gasteiger partial charge >= 0.3 is 0 Å². The minimum atomic E-state index is -0.693. The summed E-state index contributed by atoms with van der Waals surface area (Å²) in [5.41, 5.74) is 2.66. The molecule has 16 heavy (non-hydrogen) atoms. The van der Waals surface area contributed by atoms with E-state index in [9.17, 15) is 5.11 Å². The Balaban J connectivity index is 2.44. The molecule has 0 spiro atoms. The molecule has 1 N–H and O–H groups in total. The number of halogens is 1. The molecule has 0 fully saturated rings. The lowest BCUT2D eigenvalue weighted by Crippen LogP contribution is -2.09. The quantitative estimate of drug-likeness (QED) is 0.917. The number of aryl methyl sites for hydroxylation is 2. The van der Waals surface area contributed by atoms with Crippen LogP contribution in [0.15, 0.2) is 17.0 Å². The third kappa shape index (κ3) is 1.88. The van der Waals surface area contributed by atoms with Gasteiger partial charge in [0.25, 0.3) is 0 Å². The summed E-state index contributed by atoms with van der Waals surface area (Å²) < 4.78 is 1.73. The molecule has 0 radical (unpaired) electrons. The van der Waals surface area contributed by atoms with Crippen LogP contribution in [0.5, 0.6) is 0 Å². The highest BCUT2D eigenvalue weighted by Crippen LogP contribution is 2.31.